The van der Waals surface area contributed by atoms with Crippen molar-refractivity contribution in [1.82, 2.24) is 10.2 Å². The van der Waals surface area contributed by atoms with Crippen LogP contribution in [0, 0.1) is 11.8 Å². The molecule has 0 spiro atoms. The maximum atomic E-state index is 11.6. The molecule has 2 N–H and O–H groups in total. The summed E-state index contributed by atoms with van der Waals surface area (Å²) in [5.74, 6) is 1.35. The van der Waals surface area contributed by atoms with E-state index in [2.05, 4.69) is 10.2 Å². The Morgan fingerprint density at radius 1 is 1.24 bits per heavy atom. The molecular formula is C13H22N2O2. The van der Waals surface area contributed by atoms with Gasteiger partial charge in [0.25, 0.3) is 0 Å². The number of hydrogen-bond acceptors (Lipinski definition) is 3. The Labute approximate surface area is 102 Å². The Hall–Kier alpha value is -0.610. The van der Waals surface area contributed by atoms with E-state index < -0.39 is 0 Å². The van der Waals surface area contributed by atoms with Crippen LogP contribution in [-0.4, -0.2) is 47.7 Å². The highest BCUT2D eigenvalue weighted by Crippen LogP contribution is 2.37. The van der Waals surface area contributed by atoms with Crippen molar-refractivity contribution < 1.29 is 9.90 Å². The van der Waals surface area contributed by atoms with Crippen molar-refractivity contribution in [3.05, 3.63) is 0 Å². The number of likely N-dealkylation sites (tertiary alicyclic amines) is 1. The van der Waals surface area contributed by atoms with Crippen LogP contribution < -0.4 is 5.32 Å². The van der Waals surface area contributed by atoms with Crippen molar-refractivity contribution in [1.29, 1.82) is 0 Å². The predicted molar refractivity (Wildman–Crippen MR) is 64.4 cm³/mol. The first-order valence-electron chi connectivity index (χ1n) is 6.92. The van der Waals surface area contributed by atoms with Gasteiger partial charge in [-0.2, -0.15) is 0 Å². The second-order valence-electron chi connectivity index (χ2n) is 5.92. The summed E-state index contributed by atoms with van der Waals surface area (Å²) >= 11 is 0. The summed E-state index contributed by atoms with van der Waals surface area (Å²) in [6, 6.07) is 0.474. The van der Waals surface area contributed by atoms with E-state index in [-0.39, 0.29) is 12.0 Å². The first-order valence-corrected chi connectivity index (χ1v) is 6.92. The zero-order valence-electron chi connectivity index (χ0n) is 10.3. The van der Waals surface area contributed by atoms with Gasteiger partial charge in [0.15, 0.2) is 0 Å². The predicted octanol–water partition coefficient (Wildman–Crippen LogP) is 0.358. The van der Waals surface area contributed by atoms with E-state index in [0.717, 1.165) is 45.3 Å². The van der Waals surface area contributed by atoms with E-state index in [1.807, 2.05) is 0 Å². The number of hydrogen-bond donors (Lipinski definition) is 2. The maximum Gasteiger partial charge on any atom is 0.221 e. The first-order chi connectivity index (χ1) is 8.22. The van der Waals surface area contributed by atoms with Crippen molar-refractivity contribution in [2.24, 2.45) is 11.8 Å². The van der Waals surface area contributed by atoms with Gasteiger partial charge in [-0.05, 0) is 31.6 Å². The molecule has 96 valence electrons. The minimum atomic E-state index is -0.0923. The third kappa shape index (κ3) is 2.63. The highest BCUT2D eigenvalue weighted by Gasteiger charge is 2.41. The summed E-state index contributed by atoms with van der Waals surface area (Å²) in [5, 5.41) is 12.8. The average molecular weight is 238 g/mol. The van der Waals surface area contributed by atoms with Crippen LogP contribution >= 0.6 is 0 Å². The molecule has 4 heteroatoms. The highest BCUT2D eigenvalue weighted by molar-refractivity contribution is 5.76. The number of nitrogens with zero attached hydrogens (tertiary/aromatic N) is 1. The molecule has 1 aliphatic heterocycles. The fraction of sp³-hybridized carbons (Fsp3) is 0.923. The number of aliphatic hydroxyl groups excluding tert-OH is 1. The van der Waals surface area contributed by atoms with Gasteiger partial charge in [0, 0.05) is 38.0 Å². The summed E-state index contributed by atoms with van der Waals surface area (Å²) in [5.41, 5.74) is 0. The standard InChI is InChI=1S/C13H22N2O2/c16-12-4-1-9-7-15(8-11(9)12)6-5-13(17)14-10-2-3-10/h9-12,16H,1-8H2,(H,14,17). The monoisotopic (exact) mass is 238 g/mol. The molecule has 3 atom stereocenters. The lowest BCUT2D eigenvalue weighted by Gasteiger charge is -2.17. The molecule has 3 unspecified atom stereocenters. The van der Waals surface area contributed by atoms with Gasteiger partial charge in [-0.15, -0.1) is 0 Å². The molecule has 0 aromatic heterocycles. The van der Waals surface area contributed by atoms with Crippen LogP contribution in [0.1, 0.15) is 32.1 Å². The van der Waals surface area contributed by atoms with Gasteiger partial charge < -0.3 is 15.3 Å². The molecule has 3 fully saturated rings. The van der Waals surface area contributed by atoms with E-state index in [1.165, 1.54) is 0 Å². The fourth-order valence-electron chi connectivity index (χ4n) is 3.30. The van der Waals surface area contributed by atoms with Crippen molar-refractivity contribution in [2.75, 3.05) is 19.6 Å². The second-order valence-corrected chi connectivity index (χ2v) is 5.92. The molecule has 1 heterocycles. The molecule has 0 bridgehead atoms. The molecule has 3 aliphatic rings. The number of carbonyl (C=O) groups excluding carboxylic acids is 1. The van der Waals surface area contributed by atoms with Crippen LogP contribution in [0.4, 0.5) is 0 Å². The smallest absolute Gasteiger partial charge is 0.221 e. The lowest BCUT2D eigenvalue weighted by atomic mass is 10.00. The quantitative estimate of drug-likeness (QED) is 0.743. The van der Waals surface area contributed by atoms with Crippen LogP contribution in [0.2, 0.25) is 0 Å². The molecule has 1 saturated heterocycles. The lowest BCUT2D eigenvalue weighted by Crippen LogP contribution is -2.31. The van der Waals surface area contributed by atoms with Crippen molar-refractivity contribution in [3.8, 4) is 0 Å². The van der Waals surface area contributed by atoms with Gasteiger partial charge in [-0.3, -0.25) is 4.79 Å². The van der Waals surface area contributed by atoms with Gasteiger partial charge >= 0.3 is 0 Å². The molecule has 3 rings (SSSR count). The van der Waals surface area contributed by atoms with Gasteiger partial charge in [-0.1, -0.05) is 0 Å². The Morgan fingerprint density at radius 3 is 2.76 bits per heavy atom. The van der Waals surface area contributed by atoms with Crippen molar-refractivity contribution in [2.45, 2.75) is 44.2 Å². The van der Waals surface area contributed by atoms with Crippen LogP contribution in [0.5, 0.6) is 0 Å². The summed E-state index contributed by atoms with van der Waals surface area (Å²) in [6.07, 6.45) is 4.98. The third-order valence-corrected chi connectivity index (χ3v) is 4.49. The summed E-state index contributed by atoms with van der Waals surface area (Å²) < 4.78 is 0. The second kappa shape index (κ2) is 4.58. The van der Waals surface area contributed by atoms with Crippen LogP contribution in [0.15, 0.2) is 0 Å². The van der Waals surface area contributed by atoms with Crippen LogP contribution in [0.25, 0.3) is 0 Å². The largest absolute Gasteiger partial charge is 0.393 e. The molecule has 4 nitrogen and oxygen atoms in total. The Kier molecular flexibility index (Phi) is 3.09. The fourth-order valence-corrected chi connectivity index (χ4v) is 3.30. The Bertz CT molecular complexity index is 304. The van der Waals surface area contributed by atoms with Crippen LogP contribution in [-0.2, 0) is 4.79 Å². The molecular weight excluding hydrogens is 216 g/mol. The molecule has 1 amide bonds. The van der Waals surface area contributed by atoms with E-state index in [9.17, 15) is 9.90 Å². The first kappa shape index (κ1) is 11.5. The normalized spacial score (nSPS) is 37.1. The molecule has 2 saturated carbocycles. The topological polar surface area (TPSA) is 52.6 Å². The molecule has 0 radical (unpaired) electrons. The van der Waals surface area contributed by atoms with Crippen molar-refractivity contribution >= 4 is 5.91 Å². The van der Waals surface area contributed by atoms with Gasteiger partial charge in [0.2, 0.25) is 5.91 Å². The zero-order chi connectivity index (χ0) is 11.8. The highest BCUT2D eigenvalue weighted by atomic mass is 16.3. The molecule has 0 aromatic carbocycles. The van der Waals surface area contributed by atoms with Crippen molar-refractivity contribution in [3.63, 3.8) is 0 Å². The molecule has 17 heavy (non-hydrogen) atoms. The van der Waals surface area contributed by atoms with E-state index in [4.69, 9.17) is 0 Å². The van der Waals surface area contributed by atoms with E-state index in [0.29, 0.717) is 24.3 Å². The maximum absolute atomic E-state index is 11.6. The molecule has 2 aliphatic carbocycles. The SMILES string of the molecule is O=C(CCN1CC2CCC(O)C2C1)NC1CC1. The summed E-state index contributed by atoms with van der Waals surface area (Å²) in [4.78, 5) is 13.9. The van der Waals surface area contributed by atoms with Gasteiger partial charge in [-0.25, -0.2) is 0 Å². The summed E-state index contributed by atoms with van der Waals surface area (Å²) in [6.45, 7) is 2.93. The third-order valence-electron chi connectivity index (χ3n) is 4.49. The van der Waals surface area contributed by atoms with E-state index >= 15 is 0 Å². The zero-order valence-corrected chi connectivity index (χ0v) is 10.3. The number of nitrogens with one attached hydrogen (secondary N) is 1. The summed E-state index contributed by atoms with van der Waals surface area (Å²) in [7, 11) is 0. The van der Waals surface area contributed by atoms with Gasteiger partial charge in [0.05, 0.1) is 6.10 Å². The van der Waals surface area contributed by atoms with E-state index in [1.54, 1.807) is 0 Å². The number of fused-ring (bicyclic) bond motifs is 1. The van der Waals surface area contributed by atoms with Gasteiger partial charge in [0.1, 0.15) is 0 Å². The Morgan fingerprint density at radius 2 is 2.06 bits per heavy atom. The number of rotatable bonds is 4. The Balaban J connectivity index is 1.40. The average Bonchev–Trinajstić information content (AvgIpc) is 2.90. The lowest BCUT2D eigenvalue weighted by molar-refractivity contribution is -0.121. The number of carbonyl (C=O) groups is 1. The minimum absolute atomic E-state index is 0.0923. The number of amides is 1. The van der Waals surface area contributed by atoms with Crippen LogP contribution in [0.3, 0.4) is 0 Å². The number of aliphatic hydroxyl groups is 1. The molecule has 0 aromatic rings. The minimum Gasteiger partial charge on any atom is -0.393 e.